The van der Waals surface area contributed by atoms with E-state index in [1.807, 2.05) is 30.3 Å². The molecule has 6 nitrogen and oxygen atoms in total. The minimum atomic E-state index is -0.843. The molecule has 0 aromatic heterocycles. The molecule has 0 saturated heterocycles. The standard InChI is InChI=1S/C26H24FN3O3/c1-4-15-33-23-14-11-18-7-5-6-8-21(18)22(23)16-28-30-26(32)24(17(2)3)29-25(31)19-9-12-20(27)13-10-19/h1,5-14,16-17,24H,15H2,2-3H3,(H,29,31)(H,30,32). The van der Waals surface area contributed by atoms with E-state index < -0.39 is 23.7 Å². The Bertz CT molecular complexity index is 1210. The first kappa shape index (κ1) is 23.5. The van der Waals surface area contributed by atoms with Gasteiger partial charge in [0.05, 0.1) is 6.21 Å². The van der Waals surface area contributed by atoms with Crippen molar-refractivity contribution in [1.82, 2.24) is 10.7 Å². The third-order valence-electron chi connectivity index (χ3n) is 4.95. The molecule has 7 heteroatoms. The maximum Gasteiger partial charge on any atom is 0.262 e. The van der Waals surface area contributed by atoms with Gasteiger partial charge in [0.15, 0.2) is 0 Å². The van der Waals surface area contributed by atoms with Crippen LogP contribution in [0.1, 0.15) is 29.8 Å². The number of halogens is 1. The zero-order valence-electron chi connectivity index (χ0n) is 18.3. The van der Waals surface area contributed by atoms with Crippen molar-refractivity contribution >= 4 is 28.8 Å². The molecular weight excluding hydrogens is 421 g/mol. The maximum atomic E-state index is 13.1. The monoisotopic (exact) mass is 445 g/mol. The number of carbonyl (C=O) groups excluding carboxylic acids is 2. The second kappa shape index (κ2) is 10.9. The van der Waals surface area contributed by atoms with Crippen LogP contribution in [-0.4, -0.2) is 30.7 Å². The smallest absolute Gasteiger partial charge is 0.262 e. The first-order chi connectivity index (χ1) is 15.9. The molecule has 2 amide bonds. The van der Waals surface area contributed by atoms with Gasteiger partial charge in [-0.2, -0.15) is 5.10 Å². The quantitative estimate of drug-likeness (QED) is 0.314. The summed E-state index contributed by atoms with van der Waals surface area (Å²) in [4.78, 5) is 25.2. The van der Waals surface area contributed by atoms with Gasteiger partial charge in [-0.05, 0) is 47.0 Å². The average Bonchev–Trinajstić information content (AvgIpc) is 2.81. The molecule has 0 heterocycles. The molecule has 3 rings (SSSR count). The van der Waals surface area contributed by atoms with Crippen LogP contribution < -0.4 is 15.5 Å². The molecule has 2 N–H and O–H groups in total. The van der Waals surface area contributed by atoms with Crippen LogP contribution in [0, 0.1) is 24.1 Å². The fourth-order valence-electron chi connectivity index (χ4n) is 3.24. The van der Waals surface area contributed by atoms with Crippen LogP contribution in [0.25, 0.3) is 10.8 Å². The Morgan fingerprint density at radius 1 is 1.12 bits per heavy atom. The summed E-state index contributed by atoms with van der Waals surface area (Å²) in [5.74, 6) is 1.35. The second-order valence-corrected chi connectivity index (χ2v) is 7.63. The van der Waals surface area contributed by atoms with Crippen LogP contribution in [-0.2, 0) is 4.79 Å². The third kappa shape index (κ3) is 5.95. The van der Waals surface area contributed by atoms with Crippen molar-refractivity contribution in [3.63, 3.8) is 0 Å². The highest BCUT2D eigenvalue weighted by atomic mass is 19.1. The van der Waals surface area contributed by atoms with Gasteiger partial charge in [-0.3, -0.25) is 9.59 Å². The van der Waals surface area contributed by atoms with Gasteiger partial charge in [-0.15, -0.1) is 6.42 Å². The number of carbonyl (C=O) groups is 2. The molecule has 168 valence electrons. The molecule has 0 spiro atoms. The predicted molar refractivity (Wildman–Crippen MR) is 127 cm³/mol. The summed E-state index contributed by atoms with van der Waals surface area (Å²) in [5.41, 5.74) is 3.41. The minimum absolute atomic E-state index is 0.0936. The molecule has 1 atom stereocenters. The first-order valence-electron chi connectivity index (χ1n) is 10.4. The predicted octanol–water partition coefficient (Wildman–Crippen LogP) is 3.90. The first-order valence-corrected chi connectivity index (χ1v) is 10.4. The summed E-state index contributed by atoms with van der Waals surface area (Å²) in [7, 11) is 0. The van der Waals surface area contributed by atoms with E-state index in [-0.39, 0.29) is 18.1 Å². The molecule has 0 bridgehead atoms. The van der Waals surface area contributed by atoms with Crippen molar-refractivity contribution in [1.29, 1.82) is 0 Å². The molecular formula is C26H24FN3O3. The summed E-state index contributed by atoms with van der Waals surface area (Å²) < 4.78 is 18.7. The van der Waals surface area contributed by atoms with Gasteiger partial charge in [-0.25, -0.2) is 9.82 Å². The van der Waals surface area contributed by atoms with Crippen molar-refractivity contribution in [2.24, 2.45) is 11.0 Å². The number of nitrogens with one attached hydrogen (secondary N) is 2. The van der Waals surface area contributed by atoms with E-state index in [2.05, 4.69) is 21.8 Å². The lowest BCUT2D eigenvalue weighted by Crippen LogP contribution is -2.48. The number of benzene rings is 3. The van der Waals surface area contributed by atoms with Crippen molar-refractivity contribution < 1.29 is 18.7 Å². The topological polar surface area (TPSA) is 79.8 Å². The van der Waals surface area contributed by atoms with E-state index in [1.54, 1.807) is 19.9 Å². The van der Waals surface area contributed by atoms with Crippen molar-refractivity contribution in [2.45, 2.75) is 19.9 Å². The van der Waals surface area contributed by atoms with Gasteiger partial charge in [-0.1, -0.05) is 50.1 Å². The molecule has 33 heavy (non-hydrogen) atoms. The molecule has 0 fully saturated rings. The Labute approximate surface area is 191 Å². The van der Waals surface area contributed by atoms with Gasteiger partial charge in [0, 0.05) is 11.1 Å². The zero-order valence-corrected chi connectivity index (χ0v) is 18.3. The van der Waals surface area contributed by atoms with Crippen LogP contribution in [0.3, 0.4) is 0 Å². The number of hydrazone groups is 1. The molecule has 0 radical (unpaired) electrons. The largest absolute Gasteiger partial charge is 0.480 e. The number of nitrogens with zero attached hydrogens (tertiary/aromatic N) is 1. The fraction of sp³-hybridized carbons (Fsp3) is 0.192. The van der Waals surface area contributed by atoms with Gasteiger partial charge in [0.2, 0.25) is 0 Å². The van der Waals surface area contributed by atoms with E-state index in [1.165, 1.54) is 30.5 Å². The lowest BCUT2D eigenvalue weighted by molar-refractivity contribution is -0.123. The Kier molecular flexibility index (Phi) is 7.77. The lowest BCUT2D eigenvalue weighted by Gasteiger charge is -2.20. The molecule has 0 saturated carbocycles. The van der Waals surface area contributed by atoms with E-state index in [9.17, 15) is 14.0 Å². The second-order valence-electron chi connectivity index (χ2n) is 7.63. The number of terminal acetylenes is 1. The van der Waals surface area contributed by atoms with Gasteiger partial charge < -0.3 is 10.1 Å². The average molecular weight is 445 g/mol. The molecule has 3 aromatic carbocycles. The van der Waals surface area contributed by atoms with Crippen LogP contribution in [0.4, 0.5) is 4.39 Å². The third-order valence-corrected chi connectivity index (χ3v) is 4.95. The lowest BCUT2D eigenvalue weighted by atomic mass is 10.0. The zero-order chi connectivity index (χ0) is 23.8. The van der Waals surface area contributed by atoms with Gasteiger partial charge in [0.25, 0.3) is 11.8 Å². The van der Waals surface area contributed by atoms with Gasteiger partial charge >= 0.3 is 0 Å². The molecule has 3 aromatic rings. The number of ether oxygens (including phenoxy) is 1. The number of fused-ring (bicyclic) bond motifs is 1. The highest BCUT2D eigenvalue weighted by Crippen LogP contribution is 2.26. The van der Waals surface area contributed by atoms with Gasteiger partial charge in [0.1, 0.15) is 24.2 Å². The highest BCUT2D eigenvalue weighted by molar-refractivity contribution is 6.03. The van der Waals surface area contributed by atoms with Crippen LogP contribution in [0.5, 0.6) is 5.75 Å². The fourth-order valence-corrected chi connectivity index (χ4v) is 3.24. The number of amides is 2. The Morgan fingerprint density at radius 2 is 1.85 bits per heavy atom. The Balaban J connectivity index is 1.77. The molecule has 0 aliphatic heterocycles. The molecule has 1 unspecified atom stereocenters. The normalized spacial score (nSPS) is 11.8. The van der Waals surface area contributed by atoms with Crippen LogP contribution >= 0.6 is 0 Å². The maximum absolute atomic E-state index is 13.1. The minimum Gasteiger partial charge on any atom is -0.480 e. The summed E-state index contributed by atoms with van der Waals surface area (Å²) in [6, 6.07) is 15.6. The van der Waals surface area contributed by atoms with E-state index in [4.69, 9.17) is 11.2 Å². The van der Waals surface area contributed by atoms with Crippen molar-refractivity contribution in [2.75, 3.05) is 6.61 Å². The van der Waals surface area contributed by atoms with Crippen LogP contribution in [0.15, 0.2) is 65.8 Å². The SMILES string of the molecule is C#CCOc1ccc2ccccc2c1C=NNC(=O)C(NC(=O)c1ccc(F)cc1)C(C)C. The number of hydrogen-bond donors (Lipinski definition) is 2. The van der Waals surface area contributed by atoms with E-state index in [0.717, 1.165) is 10.8 Å². The highest BCUT2D eigenvalue weighted by Gasteiger charge is 2.24. The Hall–Kier alpha value is -4.18. The summed E-state index contributed by atoms with van der Waals surface area (Å²) in [5, 5.41) is 8.63. The summed E-state index contributed by atoms with van der Waals surface area (Å²) in [6.45, 7) is 3.70. The number of hydrogen-bond acceptors (Lipinski definition) is 4. The van der Waals surface area contributed by atoms with E-state index in [0.29, 0.717) is 11.3 Å². The van der Waals surface area contributed by atoms with Crippen molar-refractivity contribution in [3.8, 4) is 18.1 Å². The summed E-state index contributed by atoms with van der Waals surface area (Å²) >= 11 is 0. The Morgan fingerprint density at radius 3 is 2.55 bits per heavy atom. The van der Waals surface area contributed by atoms with Crippen molar-refractivity contribution in [3.05, 3.63) is 77.6 Å². The number of rotatable bonds is 8. The molecule has 0 aliphatic carbocycles. The van der Waals surface area contributed by atoms with E-state index >= 15 is 0 Å². The summed E-state index contributed by atoms with van der Waals surface area (Å²) in [6.07, 6.45) is 6.80. The van der Waals surface area contributed by atoms with Crippen LogP contribution in [0.2, 0.25) is 0 Å². The molecule has 0 aliphatic rings.